The van der Waals surface area contributed by atoms with E-state index in [1.54, 1.807) is 6.07 Å². The van der Waals surface area contributed by atoms with E-state index in [0.717, 1.165) is 12.8 Å². The summed E-state index contributed by atoms with van der Waals surface area (Å²) in [5.41, 5.74) is 0.813. The van der Waals surface area contributed by atoms with Gasteiger partial charge in [-0.25, -0.2) is 4.79 Å². The predicted octanol–water partition coefficient (Wildman–Crippen LogP) is 2.71. The number of phenols is 1. The summed E-state index contributed by atoms with van der Waals surface area (Å²) in [5, 5.41) is 9.75. The van der Waals surface area contributed by atoms with Crippen LogP contribution in [0, 0.1) is 0 Å². The standard InChI is InChI=1S/C13H14O4/c1-3-4-5-11-9-6-8(16-2)7-10(14)12(9)13(15)17-11/h5-7,14H,3-4H2,1-2H3/b11-5-. The molecule has 0 unspecified atom stereocenters. The number of ether oxygens (including phenoxy) is 2. The number of carbonyl (C=O) groups excluding carboxylic acids is 1. The van der Waals surface area contributed by atoms with E-state index in [0.29, 0.717) is 17.1 Å². The van der Waals surface area contributed by atoms with Crippen LogP contribution < -0.4 is 4.74 Å². The van der Waals surface area contributed by atoms with E-state index < -0.39 is 5.97 Å². The summed E-state index contributed by atoms with van der Waals surface area (Å²) in [6, 6.07) is 3.10. The van der Waals surface area contributed by atoms with Crippen molar-refractivity contribution in [2.24, 2.45) is 0 Å². The lowest BCUT2D eigenvalue weighted by molar-refractivity contribution is 0.0713. The van der Waals surface area contributed by atoms with Crippen LogP contribution in [0.4, 0.5) is 0 Å². The largest absolute Gasteiger partial charge is 0.507 e. The maximum atomic E-state index is 11.6. The van der Waals surface area contributed by atoms with Crippen molar-refractivity contribution < 1.29 is 19.4 Å². The van der Waals surface area contributed by atoms with Crippen molar-refractivity contribution in [1.82, 2.24) is 0 Å². The average Bonchev–Trinajstić information content (AvgIpc) is 2.63. The van der Waals surface area contributed by atoms with Crippen molar-refractivity contribution in [3.05, 3.63) is 29.3 Å². The molecule has 1 aromatic carbocycles. The Labute approximate surface area is 99.5 Å². The summed E-state index contributed by atoms with van der Waals surface area (Å²) >= 11 is 0. The molecule has 0 radical (unpaired) electrons. The highest BCUT2D eigenvalue weighted by atomic mass is 16.5. The zero-order valence-corrected chi connectivity index (χ0v) is 9.82. The van der Waals surface area contributed by atoms with Gasteiger partial charge in [-0.3, -0.25) is 0 Å². The van der Waals surface area contributed by atoms with Gasteiger partial charge < -0.3 is 14.6 Å². The van der Waals surface area contributed by atoms with Crippen LogP contribution in [0.2, 0.25) is 0 Å². The number of aromatic hydroxyl groups is 1. The Morgan fingerprint density at radius 2 is 2.24 bits per heavy atom. The fraction of sp³-hybridized carbons (Fsp3) is 0.308. The van der Waals surface area contributed by atoms with Crippen molar-refractivity contribution in [3.63, 3.8) is 0 Å². The molecule has 0 saturated heterocycles. The molecule has 0 atom stereocenters. The monoisotopic (exact) mass is 234 g/mol. The molecule has 1 N–H and O–H groups in total. The number of cyclic esters (lactones) is 1. The van der Waals surface area contributed by atoms with Gasteiger partial charge in [-0.2, -0.15) is 0 Å². The van der Waals surface area contributed by atoms with Gasteiger partial charge in [0.25, 0.3) is 0 Å². The van der Waals surface area contributed by atoms with Crippen molar-refractivity contribution in [3.8, 4) is 11.5 Å². The average molecular weight is 234 g/mol. The first-order chi connectivity index (χ1) is 8.17. The molecular weight excluding hydrogens is 220 g/mol. The summed E-state index contributed by atoms with van der Waals surface area (Å²) < 4.78 is 10.2. The molecule has 0 fully saturated rings. The highest BCUT2D eigenvalue weighted by Gasteiger charge is 2.30. The van der Waals surface area contributed by atoms with Crippen molar-refractivity contribution >= 4 is 11.7 Å². The normalized spacial score (nSPS) is 15.9. The van der Waals surface area contributed by atoms with Gasteiger partial charge in [0, 0.05) is 11.6 Å². The summed E-state index contributed by atoms with van der Waals surface area (Å²) in [7, 11) is 1.51. The van der Waals surface area contributed by atoms with Crippen LogP contribution in [0.25, 0.3) is 5.76 Å². The van der Waals surface area contributed by atoms with Crippen molar-refractivity contribution in [2.45, 2.75) is 19.8 Å². The maximum Gasteiger partial charge on any atom is 0.348 e. The minimum Gasteiger partial charge on any atom is -0.507 e. The van der Waals surface area contributed by atoms with Crippen LogP contribution in [0.3, 0.4) is 0 Å². The lowest BCUT2D eigenvalue weighted by atomic mass is 10.1. The van der Waals surface area contributed by atoms with E-state index in [-0.39, 0.29) is 11.3 Å². The first-order valence-electron chi connectivity index (χ1n) is 5.51. The predicted molar refractivity (Wildman–Crippen MR) is 63.0 cm³/mol. The number of unbranched alkanes of at least 4 members (excludes halogenated alkanes) is 1. The number of fused-ring (bicyclic) bond motifs is 1. The van der Waals surface area contributed by atoms with Crippen molar-refractivity contribution in [2.75, 3.05) is 7.11 Å². The summed E-state index contributed by atoms with van der Waals surface area (Å²) in [6.07, 6.45) is 3.63. The number of allylic oxidation sites excluding steroid dienone is 1. The second-order valence-corrected chi connectivity index (χ2v) is 3.82. The number of hydrogen-bond acceptors (Lipinski definition) is 4. The highest BCUT2D eigenvalue weighted by molar-refractivity contribution is 6.05. The molecule has 0 saturated carbocycles. The van der Waals surface area contributed by atoms with Gasteiger partial charge in [0.05, 0.1) is 7.11 Å². The first kappa shape index (κ1) is 11.5. The molecule has 17 heavy (non-hydrogen) atoms. The van der Waals surface area contributed by atoms with E-state index in [2.05, 4.69) is 0 Å². The molecular formula is C13H14O4. The molecule has 1 aromatic rings. The fourth-order valence-corrected chi connectivity index (χ4v) is 1.76. The Morgan fingerprint density at radius 1 is 1.47 bits per heavy atom. The number of hydrogen-bond donors (Lipinski definition) is 1. The molecule has 0 bridgehead atoms. The zero-order chi connectivity index (χ0) is 12.4. The molecule has 4 nitrogen and oxygen atoms in total. The van der Waals surface area contributed by atoms with Crippen LogP contribution in [-0.4, -0.2) is 18.2 Å². The molecule has 90 valence electrons. The van der Waals surface area contributed by atoms with Crippen LogP contribution in [0.1, 0.15) is 35.7 Å². The second-order valence-electron chi connectivity index (χ2n) is 3.82. The Hall–Kier alpha value is -1.97. The number of benzene rings is 1. The van der Waals surface area contributed by atoms with Gasteiger partial charge in [0.1, 0.15) is 22.8 Å². The van der Waals surface area contributed by atoms with E-state index in [1.807, 2.05) is 13.0 Å². The lowest BCUT2D eigenvalue weighted by Gasteiger charge is -2.04. The van der Waals surface area contributed by atoms with Crippen molar-refractivity contribution in [1.29, 1.82) is 0 Å². The Kier molecular flexibility index (Phi) is 3.04. The van der Waals surface area contributed by atoms with Crippen LogP contribution >= 0.6 is 0 Å². The molecule has 2 rings (SSSR count). The first-order valence-corrected chi connectivity index (χ1v) is 5.51. The van der Waals surface area contributed by atoms with Gasteiger partial charge in [-0.1, -0.05) is 13.3 Å². The molecule has 1 heterocycles. The molecule has 0 aliphatic carbocycles. The number of phenolic OH excluding ortho intramolecular Hbond substituents is 1. The van der Waals surface area contributed by atoms with E-state index in [1.165, 1.54) is 13.2 Å². The number of rotatable bonds is 3. The SMILES string of the molecule is CCC/C=C1\OC(=O)c2c(O)cc(OC)cc21. The maximum absolute atomic E-state index is 11.6. The second kappa shape index (κ2) is 4.49. The van der Waals surface area contributed by atoms with Gasteiger partial charge in [-0.15, -0.1) is 0 Å². The lowest BCUT2D eigenvalue weighted by Crippen LogP contribution is -1.94. The Balaban J connectivity index is 2.52. The van der Waals surface area contributed by atoms with Crippen LogP contribution in [-0.2, 0) is 4.74 Å². The Morgan fingerprint density at radius 3 is 2.88 bits per heavy atom. The Bertz CT molecular complexity index is 488. The molecule has 4 heteroatoms. The fourth-order valence-electron chi connectivity index (χ4n) is 1.76. The quantitative estimate of drug-likeness (QED) is 0.817. The van der Waals surface area contributed by atoms with Crippen LogP contribution in [0.15, 0.2) is 18.2 Å². The smallest absolute Gasteiger partial charge is 0.348 e. The van der Waals surface area contributed by atoms with Gasteiger partial charge in [-0.05, 0) is 18.6 Å². The van der Waals surface area contributed by atoms with E-state index >= 15 is 0 Å². The molecule has 1 aliphatic heterocycles. The van der Waals surface area contributed by atoms with Gasteiger partial charge in [0.2, 0.25) is 0 Å². The summed E-state index contributed by atoms with van der Waals surface area (Å²) in [5.74, 6) is 0.384. The van der Waals surface area contributed by atoms with Gasteiger partial charge in [0.15, 0.2) is 0 Å². The third-order valence-electron chi connectivity index (χ3n) is 2.62. The molecule has 0 spiro atoms. The van der Waals surface area contributed by atoms with E-state index in [4.69, 9.17) is 9.47 Å². The topological polar surface area (TPSA) is 55.8 Å². The van der Waals surface area contributed by atoms with E-state index in [9.17, 15) is 9.90 Å². The molecule has 0 amide bonds. The zero-order valence-electron chi connectivity index (χ0n) is 9.82. The molecule has 1 aliphatic rings. The minimum absolute atomic E-state index is 0.107. The molecule has 0 aromatic heterocycles. The third-order valence-corrected chi connectivity index (χ3v) is 2.62. The minimum atomic E-state index is -0.512. The number of carbonyl (C=O) groups is 1. The number of methoxy groups -OCH3 is 1. The summed E-state index contributed by atoms with van der Waals surface area (Å²) in [6.45, 7) is 2.04. The van der Waals surface area contributed by atoms with Gasteiger partial charge >= 0.3 is 5.97 Å². The van der Waals surface area contributed by atoms with Crippen LogP contribution in [0.5, 0.6) is 11.5 Å². The number of esters is 1. The highest BCUT2D eigenvalue weighted by Crippen LogP contribution is 2.38. The third kappa shape index (κ3) is 1.98. The summed E-state index contributed by atoms with van der Waals surface area (Å²) in [4.78, 5) is 11.6.